The first-order chi connectivity index (χ1) is 11.7. The van der Waals surface area contributed by atoms with Crippen molar-refractivity contribution in [3.8, 4) is 5.75 Å². The van der Waals surface area contributed by atoms with Gasteiger partial charge < -0.3 is 14.2 Å². The Morgan fingerprint density at radius 1 is 1.29 bits per heavy atom. The lowest BCUT2D eigenvalue weighted by atomic mass is 9.94. The minimum atomic E-state index is -0.127. The summed E-state index contributed by atoms with van der Waals surface area (Å²) in [5.74, 6) is 1.06. The fourth-order valence-corrected chi connectivity index (χ4v) is 3.26. The molecule has 1 aliphatic rings. The largest absolute Gasteiger partial charge is 0.497 e. The van der Waals surface area contributed by atoms with Crippen LogP contribution >= 0.6 is 0 Å². The molecule has 1 saturated heterocycles. The van der Waals surface area contributed by atoms with Crippen molar-refractivity contribution in [3.63, 3.8) is 0 Å². The molecular formula is C19H29NO4. The Morgan fingerprint density at radius 3 is 2.71 bits per heavy atom. The van der Waals surface area contributed by atoms with Crippen molar-refractivity contribution in [3.05, 3.63) is 29.8 Å². The lowest BCUT2D eigenvalue weighted by Gasteiger charge is -2.25. The van der Waals surface area contributed by atoms with Crippen LogP contribution in [-0.2, 0) is 14.3 Å². The zero-order chi connectivity index (χ0) is 17.4. The third kappa shape index (κ3) is 5.21. The lowest BCUT2D eigenvalue weighted by Crippen LogP contribution is -2.24. The fraction of sp³-hybridized carbons (Fsp3) is 0.632. The zero-order valence-electron chi connectivity index (χ0n) is 15.0. The van der Waals surface area contributed by atoms with Gasteiger partial charge in [-0.05, 0) is 51.1 Å². The first kappa shape index (κ1) is 18.7. The van der Waals surface area contributed by atoms with Gasteiger partial charge in [-0.15, -0.1) is 0 Å². The SMILES string of the molecule is CCOCCCC(=O)OC[C@@H]1CCN(C)[C@H]1c1ccc(OC)cc1. The third-order valence-electron chi connectivity index (χ3n) is 4.56. The molecule has 0 amide bonds. The van der Waals surface area contributed by atoms with Crippen LogP contribution in [0.25, 0.3) is 0 Å². The van der Waals surface area contributed by atoms with E-state index in [2.05, 4.69) is 24.1 Å². The number of benzene rings is 1. The van der Waals surface area contributed by atoms with Gasteiger partial charge in [-0.25, -0.2) is 0 Å². The van der Waals surface area contributed by atoms with E-state index in [-0.39, 0.29) is 12.0 Å². The van der Waals surface area contributed by atoms with E-state index in [0.29, 0.717) is 32.2 Å². The van der Waals surface area contributed by atoms with Gasteiger partial charge in [0.05, 0.1) is 13.7 Å². The number of carbonyl (C=O) groups is 1. The molecule has 0 N–H and O–H groups in total. The van der Waals surface area contributed by atoms with Crippen molar-refractivity contribution in [2.45, 2.75) is 32.2 Å². The van der Waals surface area contributed by atoms with Crippen LogP contribution in [-0.4, -0.2) is 51.4 Å². The highest BCUT2D eigenvalue weighted by atomic mass is 16.5. The van der Waals surface area contributed by atoms with E-state index >= 15 is 0 Å². The average molecular weight is 335 g/mol. The molecule has 0 unspecified atom stereocenters. The van der Waals surface area contributed by atoms with Crippen molar-refractivity contribution in [1.82, 2.24) is 4.90 Å². The molecule has 24 heavy (non-hydrogen) atoms. The molecule has 1 heterocycles. The minimum Gasteiger partial charge on any atom is -0.497 e. The van der Waals surface area contributed by atoms with Crippen LogP contribution in [0.4, 0.5) is 0 Å². The number of likely N-dealkylation sites (tertiary alicyclic amines) is 1. The van der Waals surface area contributed by atoms with Gasteiger partial charge in [0.25, 0.3) is 0 Å². The van der Waals surface area contributed by atoms with Crippen LogP contribution in [0.3, 0.4) is 0 Å². The Bertz CT molecular complexity index is 503. The summed E-state index contributed by atoms with van der Waals surface area (Å²) in [4.78, 5) is 14.2. The standard InChI is InChI=1S/C19H29NO4/c1-4-23-13-5-6-18(21)24-14-16-11-12-20(2)19(16)15-7-9-17(22-3)10-8-15/h7-10,16,19H,4-6,11-14H2,1-3H3/t16-,19-/m0/s1. The summed E-state index contributed by atoms with van der Waals surface area (Å²) in [6.45, 7) is 4.76. The molecule has 0 bridgehead atoms. The summed E-state index contributed by atoms with van der Waals surface area (Å²) in [6.07, 6.45) is 2.19. The second-order valence-electron chi connectivity index (χ2n) is 6.23. The number of ether oxygens (including phenoxy) is 3. The molecule has 2 atom stereocenters. The topological polar surface area (TPSA) is 48.0 Å². The van der Waals surface area contributed by atoms with Gasteiger partial charge in [0.15, 0.2) is 0 Å². The molecule has 1 fully saturated rings. The van der Waals surface area contributed by atoms with Crippen molar-refractivity contribution in [1.29, 1.82) is 0 Å². The second kappa shape index (κ2) is 9.64. The average Bonchev–Trinajstić information content (AvgIpc) is 2.97. The Labute approximate surface area is 144 Å². The van der Waals surface area contributed by atoms with Gasteiger partial charge in [-0.2, -0.15) is 0 Å². The van der Waals surface area contributed by atoms with Gasteiger partial charge in [-0.3, -0.25) is 9.69 Å². The maximum absolute atomic E-state index is 11.9. The van der Waals surface area contributed by atoms with Crippen LogP contribution in [0.15, 0.2) is 24.3 Å². The highest BCUT2D eigenvalue weighted by Gasteiger charge is 2.33. The van der Waals surface area contributed by atoms with Crippen LogP contribution in [0.5, 0.6) is 5.75 Å². The smallest absolute Gasteiger partial charge is 0.305 e. The van der Waals surface area contributed by atoms with Crippen molar-refractivity contribution in [2.75, 3.05) is 40.5 Å². The van der Waals surface area contributed by atoms with Crippen molar-refractivity contribution in [2.24, 2.45) is 5.92 Å². The minimum absolute atomic E-state index is 0.127. The van der Waals surface area contributed by atoms with Crippen LogP contribution < -0.4 is 4.74 Å². The normalized spacial score (nSPS) is 21.0. The lowest BCUT2D eigenvalue weighted by molar-refractivity contribution is -0.145. The van der Waals surface area contributed by atoms with Crippen molar-refractivity contribution < 1.29 is 19.0 Å². The summed E-state index contributed by atoms with van der Waals surface area (Å²) < 4.78 is 16.0. The van der Waals surface area contributed by atoms with Gasteiger partial charge >= 0.3 is 5.97 Å². The maximum atomic E-state index is 11.9. The van der Waals surface area contributed by atoms with E-state index in [4.69, 9.17) is 14.2 Å². The summed E-state index contributed by atoms with van der Waals surface area (Å²) in [5.41, 5.74) is 1.24. The van der Waals surface area contributed by atoms with E-state index in [0.717, 1.165) is 25.1 Å². The Kier molecular flexibility index (Phi) is 7.53. The fourth-order valence-electron chi connectivity index (χ4n) is 3.26. The Balaban J connectivity index is 1.85. The summed E-state index contributed by atoms with van der Waals surface area (Å²) >= 11 is 0. The molecule has 0 aromatic heterocycles. The van der Waals surface area contributed by atoms with Gasteiger partial charge in [0, 0.05) is 31.6 Å². The quantitative estimate of drug-likeness (QED) is 0.513. The molecule has 0 radical (unpaired) electrons. The van der Waals surface area contributed by atoms with Crippen LogP contribution in [0.2, 0.25) is 0 Å². The summed E-state index contributed by atoms with van der Waals surface area (Å²) in [7, 11) is 3.79. The molecule has 2 rings (SSSR count). The predicted octanol–water partition coefficient (Wildman–Crippen LogP) is 3.05. The molecule has 1 aliphatic heterocycles. The number of methoxy groups -OCH3 is 1. The molecule has 5 nitrogen and oxygen atoms in total. The number of esters is 1. The van der Waals surface area contributed by atoms with Gasteiger partial charge in [-0.1, -0.05) is 12.1 Å². The number of carbonyl (C=O) groups excluding carboxylic acids is 1. The number of hydrogen-bond donors (Lipinski definition) is 0. The first-order valence-electron chi connectivity index (χ1n) is 8.73. The second-order valence-corrected chi connectivity index (χ2v) is 6.23. The summed E-state index contributed by atoms with van der Waals surface area (Å²) in [6, 6.07) is 8.45. The van der Waals surface area contributed by atoms with E-state index in [1.807, 2.05) is 19.1 Å². The first-order valence-corrected chi connectivity index (χ1v) is 8.73. The molecular weight excluding hydrogens is 306 g/mol. The third-order valence-corrected chi connectivity index (χ3v) is 4.56. The maximum Gasteiger partial charge on any atom is 0.305 e. The Morgan fingerprint density at radius 2 is 2.04 bits per heavy atom. The number of nitrogens with zero attached hydrogens (tertiary/aromatic N) is 1. The zero-order valence-corrected chi connectivity index (χ0v) is 15.0. The number of hydrogen-bond acceptors (Lipinski definition) is 5. The summed E-state index contributed by atoms with van der Waals surface area (Å²) in [5, 5.41) is 0. The van der Waals surface area contributed by atoms with E-state index in [1.54, 1.807) is 7.11 Å². The molecule has 134 valence electrons. The highest BCUT2D eigenvalue weighted by Crippen LogP contribution is 2.36. The molecule has 0 saturated carbocycles. The van der Waals surface area contributed by atoms with E-state index < -0.39 is 0 Å². The van der Waals surface area contributed by atoms with E-state index in [9.17, 15) is 4.79 Å². The molecule has 1 aromatic carbocycles. The molecule has 1 aromatic rings. The van der Waals surface area contributed by atoms with Gasteiger partial charge in [0.2, 0.25) is 0 Å². The van der Waals surface area contributed by atoms with E-state index in [1.165, 1.54) is 5.56 Å². The molecule has 5 heteroatoms. The monoisotopic (exact) mass is 335 g/mol. The van der Waals surface area contributed by atoms with Crippen LogP contribution in [0.1, 0.15) is 37.8 Å². The predicted molar refractivity (Wildman–Crippen MR) is 93.2 cm³/mol. The highest BCUT2D eigenvalue weighted by molar-refractivity contribution is 5.69. The van der Waals surface area contributed by atoms with Crippen LogP contribution in [0, 0.1) is 5.92 Å². The van der Waals surface area contributed by atoms with Crippen molar-refractivity contribution >= 4 is 5.97 Å². The molecule has 0 spiro atoms. The van der Waals surface area contributed by atoms with Gasteiger partial charge in [0.1, 0.15) is 5.75 Å². The Hall–Kier alpha value is -1.59. The molecule has 0 aliphatic carbocycles. The number of rotatable bonds is 9.